The van der Waals surface area contributed by atoms with E-state index in [-0.39, 0.29) is 38.0 Å². The molecule has 4 aromatic rings. The summed E-state index contributed by atoms with van der Waals surface area (Å²) in [5, 5.41) is 25.0. The predicted octanol–water partition coefficient (Wildman–Crippen LogP) is 2.76. The molecular formula is C37H38N4O6. The van der Waals surface area contributed by atoms with Gasteiger partial charge in [0.2, 0.25) is 17.7 Å². The summed E-state index contributed by atoms with van der Waals surface area (Å²) in [6, 6.07) is 27.8. The summed E-state index contributed by atoms with van der Waals surface area (Å²) in [6.07, 6.45) is 0.579. The average molecular weight is 635 g/mol. The van der Waals surface area contributed by atoms with E-state index in [2.05, 4.69) is 10.6 Å². The van der Waals surface area contributed by atoms with Crippen LogP contribution in [0.3, 0.4) is 0 Å². The fraction of sp³-hybridized carbons (Fsp3) is 0.243. The van der Waals surface area contributed by atoms with Crippen LogP contribution in [-0.4, -0.2) is 63.0 Å². The van der Waals surface area contributed by atoms with Crippen LogP contribution in [0.5, 0.6) is 5.75 Å². The van der Waals surface area contributed by atoms with Crippen LogP contribution in [0.4, 0.5) is 0 Å². The molecule has 0 saturated heterocycles. The van der Waals surface area contributed by atoms with Crippen molar-refractivity contribution in [3.63, 3.8) is 0 Å². The maximum Gasteiger partial charge on any atom is 0.326 e. The first-order valence-corrected chi connectivity index (χ1v) is 15.5. The second-order valence-corrected chi connectivity index (χ2v) is 11.8. The van der Waals surface area contributed by atoms with E-state index in [0.29, 0.717) is 0 Å². The monoisotopic (exact) mass is 634 g/mol. The smallest absolute Gasteiger partial charge is 0.326 e. The Balaban J connectivity index is 1.38. The lowest BCUT2D eigenvalue weighted by Crippen LogP contribution is -2.60. The van der Waals surface area contributed by atoms with Gasteiger partial charge >= 0.3 is 5.97 Å². The van der Waals surface area contributed by atoms with Gasteiger partial charge in [-0.25, -0.2) is 4.79 Å². The van der Waals surface area contributed by atoms with Crippen molar-refractivity contribution in [2.45, 2.75) is 56.4 Å². The van der Waals surface area contributed by atoms with E-state index >= 15 is 0 Å². The number of fused-ring (bicyclic) bond motifs is 1. The van der Waals surface area contributed by atoms with Crippen LogP contribution in [0.15, 0.2) is 109 Å². The molecule has 1 aliphatic heterocycles. The van der Waals surface area contributed by atoms with Gasteiger partial charge in [0.05, 0.1) is 6.04 Å². The molecule has 10 nitrogen and oxygen atoms in total. The van der Waals surface area contributed by atoms with Crippen molar-refractivity contribution in [1.29, 1.82) is 0 Å². The van der Waals surface area contributed by atoms with Gasteiger partial charge in [-0.05, 0) is 46.4 Å². The molecule has 0 radical (unpaired) electrons. The number of carboxylic acid groups (broad SMARTS) is 1. The number of phenolic OH excluding ortho intramolecular Hbond substituents is 1. The van der Waals surface area contributed by atoms with Crippen molar-refractivity contribution in [3.8, 4) is 5.75 Å². The van der Waals surface area contributed by atoms with Gasteiger partial charge in [0.25, 0.3) is 0 Å². The van der Waals surface area contributed by atoms with Crippen LogP contribution in [0.2, 0.25) is 0 Å². The minimum atomic E-state index is -1.22. The first-order valence-electron chi connectivity index (χ1n) is 15.5. The molecule has 0 aromatic heterocycles. The van der Waals surface area contributed by atoms with E-state index in [0.717, 1.165) is 27.8 Å². The molecule has 0 saturated carbocycles. The molecule has 6 N–H and O–H groups in total. The number of aliphatic carboxylic acids is 1. The highest BCUT2D eigenvalue weighted by atomic mass is 16.4. The van der Waals surface area contributed by atoms with Crippen molar-refractivity contribution >= 4 is 23.7 Å². The van der Waals surface area contributed by atoms with E-state index in [1.165, 1.54) is 17.0 Å². The lowest BCUT2D eigenvalue weighted by atomic mass is 9.92. The minimum Gasteiger partial charge on any atom is -0.508 e. The molecule has 1 aliphatic rings. The highest BCUT2D eigenvalue weighted by Gasteiger charge is 2.38. The Labute approximate surface area is 273 Å². The summed E-state index contributed by atoms with van der Waals surface area (Å²) in [7, 11) is 0. The number of nitrogens with two attached hydrogens (primary N) is 1. The third-order valence-corrected chi connectivity index (χ3v) is 8.36. The van der Waals surface area contributed by atoms with Crippen LogP contribution < -0.4 is 16.4 Å². The van der Waals surface area contributed by atoms with E-state index in [4.69, 9.17) is 5.73 Å². The van der Waals surface area contributed by atoms with Gasteiger partial charge in [0.15, 0.2) is 0 Å². The number of rotatable bonds is 12. The second kappa shape index (κ2) is 15.2. The van der Waals surface area contributed by atoms with Gasteiger partial charge in [-0.3, -0.25) is 14.4 Å². The summed E-state index contributed by atoms with van der Waals surface area (Å²) in [4.78, 5) is 55.2. The van der Waals surface area contributed by atoms with Gasteiger partial charge in [-0.2, -0.15) is 0 Å². The SMILES string of the molecule is N[C@H](Cc1ccc(O)cc1)C(=O)N1Cc2ccccc2C[C@@H]1C(=O)N[C@@H](Cc1ccccc1)C(=O)N[C@@H](Cc1ccccc1)C(=O)O. The van der Waals surface area contributed by atoms with Gasteiger partial charge in [0.1, 0.15) is 23.9 Å². The molecule has 4 atom stereocenters. The summed E-state index contributed by atoms with van der Waals surface area (Å²) < 4.78 is 0. The molecular weight excluding hydrogens is 596 g/mol. The molecule has 0 unspecified atom stereocenters. The van der Waals surface area contributed by atoms with Gasteiger partial charge in [-0.15, -0.1) is 0 Å². The summed E-state index contributed by atoms with van der Waals surface area (Å²) in [6.45, 7) is 0.157. The van der Waals surface area contributed by atoms with Crippen molar-refractivity contribution in [3.05, 3.63) is 137 Å². The lowest BCUT2D eigenvalue weighted by Gasteiger charge is -2.38. The average Bonchev–Trinajstić information content (AvgIpc) is 3.08. The lowest BCUT2D eigenvalue weighted by molar-refractivity contribution is -0.144. The zero-order chi connectivity index (χ0) is 33.3. The Morgan fingerprint density at radius 2 is 1.23 bits per heavy atom. The first kappa shape index (κ1) is 32.9. The van der Waals surface area contributed by atoms with Crippen LogP contribution in [0.1, 0.15) is 27.8 Å². The number of hydrogen-bond donors (Lipinski definition) is 5. The largest absolute Gasteiger partial charge is 0.508 e. The van der Waals surface area contributed by atoms with E-state index < -0.39 is 47.9 Å². The number of hydrogen-bond acceptors (Lipinski definition) is 6. The third kappa shape index (κ3) is 8.62. The van der Waals surface area contributed by atoms with E-state index in [1.807, 2.05) is 60.7 Å². The number of nitrogens with one attached hydrogen (secondary N) is 2. The Morgan fingerprint density at radius 1 is 0.702 bits per heavy atom. The molecule has 5 rings (SSSR count). The van der Waals surface area contributed by atoms with Crippen LogP contribution in [0.25, 0.3) is 0 Å². The molecule has 0 fully saturated rings. The Kier molecular flexibility index (Phi) is 10.6. The third-order valence-electron chi connectivity index (χ3n) is 8.36. The molecule has 242 valence electrons. The number of carboxylic acids is 1. The molecule has 4 aromatic carbocycles. The molecule has 1 heterocycles. The summed E-state index contributed by atoms with van der Waals surface area (Å²) in [5.41, 5.74) is 10.4. The van der Waals surface area contributed by atoms with Gasteiger partial charge < -0.3 is 31.5 Å². The second-order valence-electron chi connectivity index (χ2n) is 11.8. The number of amides is 3. The quantitative estimate of drug-likeness (QED) is 0.160. The Hall–Kier alpha value is -5.48. The molecule has 0 spiro atoms. The van der Waals surface area contributed by atoms with Crippen molar-refractivity contribution < 1.29 is 29.4 Å². The Bertz CT molecular complexity index is 1700. The number of aromatic hydroxyl groups is 1. The van der Waals surface area contributed by atoms with Crippen molar-refractivity contribution in [2.24, 2.45) is 5.73 Å². The topological polar surface area (TPSA) is 162 Å². The summed E-state index contributed by atoms with van der Waals surface area (Å²) >= 11 is 0. The standard InChI is InChI=1S/C37H38N4O6/c38-30(19-26-15-17-29(42)18-16-26)36(45)41-23-28-14-8-7-13-27(28)22-33(41)35(44)39-31(20-24-9-3-1-4-10-24)34(43)40-32(37(46)47)21-25-11-5-2-6-12-25/h1-18,30-33,42H,19-23,38H2,(H,39,44)(H,40,43)(H,46,47)/t30-,31+,32+,33-/m1/s1. The van der Waals surface area contributed by atoms with Crippen LogP contribution in [0, 0.1) is 0 Å². The molecule has 47 heavy (non-hydrogen) atoms. The number of nitrogens with zero attached hydrogens (tertiary/aromatic N) is 1. The van der Waals surface area contributed by atoms with Crippen molar-refractivity contribution in [1.82, 2.24) is 15.5 Å². The zero-order valence-electron chi connectivity index (χ0n) is 25.8. The molecule has 0 aliphatic carbocycles. The van der Waals surface area contributed by atoms with E-state index in [9.17, 15) is 29.4 Å². The molecule has 3 amide bonds. The van der Waals surface area contributed by atoms with E-state index in [1.54, 1.807) is 36.4 Å². The molecule has 0 bridgehead atoms. The zero-order valence-corrected chi connectivity index (χ0v) is 25.8. The number of carbonyl (C=O) groups is 4. The Morgan fingerprint density at radius 3 is 1.83 bits per heavy atom. The van der Waals surface area contributed by atoms with Crippen LogP contribution in [-0.2, 0) is 51.4 Å². The number of carbonyl (C=O) groups excluding carboxylic acids is 3. The fourth-order valence-electron chi connectivity index (χ4n) is 5.82. The fourth-order valence-corrected chi connectivity index (χ4v) is 5.82. The predicted molar refractivity (Wildman–Crippen MR) is 176 cm³/mol. The number of phenols is 1. The van der Waals surface area contributed by atoms with Crippen molar-refractivity contribution in [2.75, 3.05) is 0 Å². The normalized spacial score (nSPS) is 15.9. The highest BCUT2D eigenvalue weighted by molar-refractivity contribution is 5.94. The minimum absolute atomic E-state index is 0.0640. The maximum absolute atomic E-state index is 14.1. The first-order chi connectivity index (χ1) is 22.7. The van der Waals surface area contributed by atoms with Gasteiger partial charge in [-0.1, -0.05) is 97.1 Å². The molecule has 10 heteroatoms. The number of benzene rings is 4. The van der Waals surface area contributed by atoms with Gasteiger partial charge in [0, 0.05) is 25.8 Å². The highest BCUT2D eigenvalue weighted by Crippen LogP contribution is 2.25. The maximum atomic E-state index is 14.1. The summed E-state index contributed by atoms with van der Waals surface area (Å²) in [5.74, 6) is -2.72. The van der Waals surface area contributed by atoms with Crippen LogP contribution >= 0.6 is 0 Å².